The molecule has 0 bridgehead atoms. The standard InChI is InChI=1S/C21H19N/c1-3-7-18-10-11-19(17-8-5-4-6-9-17)15-20(18)21-14-16(2)12-13-22-21/h3-15H,1-2H3/b7-3-. The van der Waals surface area contributed by atoms with Crippen LogP contribution in [0.5, 0.6) is 0 Å². The number of allylic oxidation sites excluding steroid dienone is 1. The maximum Gasteiger partial charge on any atom is 0.0710 e. The summed E-state index contributed by atoms with van der Waals surface area (Å²) in [4.78, 5) is 4.55. The second kappa shape index (κ2) is 6.40. The monoisotopic (exact) mass is 285 g/mol. The first-order valence-electron chi connectivity index (χ1n) is 7.53. The number of pyridine rings is 1. The molecule has 2 aromatic carbocycles. The highest BCUT2D eigenvalue weighted by Crippen LogP contribution is 2.29. The van der Waals surface area contributed by atoms with Gasteiger partial charge in [-0.15, -0.1) is 0 Å². The molecule has 3 aromatic rings. The van der Waals surface area contributed by atoms with E-state index in [-0.39, 0.29) is 0 Å². The van der Waals surface area contributed by atoms with Crippen LogP contribution in [0.4, 0.5) is 0 Å². The molecular formula is C21H19N. The summed E-state index contributed by atoms with van der Waals surface area (Å²) in [5, 5.41) is 0. The van der Waals surface area contributed by atoms with Crippen LogP contribution in [0.15, 0.2) is 72.9 Å². The molecule has 0 amide bonds. The third-order valence-electron chi connectivity index (χ3n) is 3.70. The quantitative estimate of drug-likeness (QED) is 0.596. The molecular weight excluding hydrogens is 266 g/mol. The molecule has 0 radical (unpaired) electrons. The largest absolute Gasteiger partial charge is 0.256 e. The van der Waals surface area contributed by atoms with Gasteiger partial charge >= 0.3 is 0 Å². The Morgan fingerprint density at radius 1 is 0.864 bits per heavy atom. The number of nitrogens with zero attached hydrogens (tertiary/aromatic N) is 1. The van der Waals surface area contributed by atoms with Gasteiger partial charge in [0.2, 0.25) is 0 Å². The number of aryl methyl sites for hydroxylation is 1. The molecule has 0 aliphatic rings. The van der Waals surface area contributed by atoms with Crippen molar-refractivity contribution in [2.45, 2.75) is 13.8 Å². The molecule has 0 atom stereocenters. The second-order valence-electron chi connectivity index (χ2n) is 5.39. The lowest BCUT2D eigenvalue weighted by atomic mass is 9.96. The number of hydrogen-bond donors (Lipinski definition) is 0. The first-order valence-corrected chi connectivity index (χ1v) is 7.53. The molecule has 0 spiro atoms. The first kappa shape index (κ1) is 14.3. The Labute approximate surface area is 132 Å². The zero-order valence-corrected chi connectivity index (χ0v) is 13.0. The minimum absolute atomic E-state index is 1.02. The fourth-order valence-corrected chi connectivity index (χ4v) is 2.60. The zero-order valence-electron chi connectivity index (χ0n) is 13.0. The van der Waals surface area contributed by atoms with Gasteiger partial charge < -0.3 is 0 Å². The zero-order chi connectivity index (χ0) is 15.4. The minimum atomic E-state index is 1.02. The van der Waals surface area contributed by atoms with Crippen molar-refractivity contribution in [1.29, 1.82) is 0 Å². The smallest absolute Gasteiger partial charge is 0.0710 e. The molecule has 0 aliphatic heterocycles. The van der Waals surface area contributed by atoms with Crippen molar-refractivity contribution in [3.05, 3.63) is 84.1 Å². The van der Waals surface area contributed by atoms with Gasteiger partial charge in [0.1, 0.15) is 0 Å². The summed E-state index contributed by atoms with van der Waals surface area (Å²) in [5.74, 6) is 0. The molecule has 0 aliphatic carbocycles. The average Bonchev–Trinajstić information content (AvgIpc) is 2.56. The fraction of sp³-hybridized carbons (Fsp3) is 0.0952. The molecule has 0 unspecified atom stereocenters. The van der Waals surface area contributed by atoms with E-state index in [9.17, 15) is 0 Å². The van der Waals surface area contributed by atoms with Crippen LogP contribution >= 0.6 is 0 Å². The van der Waals surface area contributed by atoms with E-state index < -0.39 is 0 Å². The summed E-state index contributed by atoms with van der Waals surface area (Å²) in [6.45, 7) is 4.14. The summed E-state index contributed by atoms with van der Waals surface area (Å²) in [7, 11) is 0. The van der Waals surface area contributed by atoms with Crippen LogP contribution in [-0.2, 0) is 0 Å². The fourth-order valence-electron chi connectivity index (χ4n) is 2.60. The van der Waals surface area contributed by atoms with Crippen molar-refractivity contribution in [2.24, 2.45) is 0 Å². The van der Waals surface area contributed by atoms with E-state index in [0.717, 1.165) is 5.69 Å². The molecule has 0 fully saturated rings. The van der Waals surface area contributed by atoms with Gasteiger partial charge in [-0.1, -0.05) is 54.6 Å². The lowest BCUT2D eigenvalue weighted by molar-refractivity contribution is 1.28. The van der Waals surface area contributed by atoms with Gasteiger partial charge in [-0.05, 0) is 54.3 Å². The predicted octanol–water partition coefficient (Wildman–Crippen LogP) is 5.76. The average molecular weight is 285 g/mol. The third-order valence-corrected chi connectivity index (χ3v) is 3.70. The highest BCUT2D eigenvalue weighted by molar-refractivity contribution is 5.79. The Morgan fingerprint density at radius 2 is 1.68 bits per heavy atom. The molecule has 0 saturated heterocycles. The van der Waals surface area contributed by atoms with Crippen LogP contribution in [0.25, 0.3) is 28.5 Å². The van der Waals surface area contributed by atoms with Crippen molar-refractivity contribution in [2.75, 3.05) is 0 Å². The van der Waals surface area contributed by atoms with Crippen LogP contribution in [0.3, 0.4) is 0 Å². The van der Waals surface area contributed by atoms with E-state index in [4.69, 9.17) is 0 Å². The molecule has 1 heteroatoms. The SMILES string of the molecule is C/C=C\c1ccc(-c2ccccc2)cc1-c1cc(C)ccn1. The Hall–Kier alpha value is -2.67. The van der Waals surface area contributed by atoms with Crippen molar-refractivity contribution >= 4 is 6.08 Å². The number of hydrogen-bond acceptors (Lipinski definition) is 1. The molecule has 0 saturated carbocycles. The van der Waals surface area contributed by atoms with Crippen molar-refractivity contribution < 1.29 is 0 Å². The molecule has 0 N–H and O–H groups in total. The third kappa shape index (κ3) is 2.99. The summed E-state index contributed by atoms with van der Waals surface area (Å²) in [5.41, 5.74) is 7.05. The summed E-state index contributed by atoms with van der Waals surface area (Å²) >= 11 is 0. The number of rotatable bonds is 3. The van der Waals surface area contributed by atoms with E-state index in [1.54, 1.807) is 0 Å². The maximum atomic E-state index is 4.55. The van der Waals surface area contributed by atoms with Gasteiger partial charge in [0.05, 0.1) is 5.69 Å². The Kier molecular flexibility index (Phi) is 4.15. The molecule has 108 valence electrons. The minimum Gasteiger partial charge on any atom is -0.256 e. The Morgan fingerprint density at radius 3 is 2.41 bits per heavy atom. The van der Waals surface area contributed by atoms with Crippen molar-refractivity contribution in [1.82, 2.24) is 4.98 Å². The molecule has 1 heterocycles. The summed E-state index contributed by atoms with van der Waals surface area (Å²) < 4.78 is 0. The first-order chi connectivity index (χ1) is 10.8. The highest BCUT2D eigenvalue weighted by Gasteiger charge is 2.07. The normalized spacial score (nSPS) is 11.0. The van der Waals surface area contributed by atoms with Gasteiger partial charge in [-0.2, -0.15) is 0 Å². The predicted molar refractivity (Wildman–Crippen MR) is 94.6 cm³/mol. The van der Waals surface area contributed by atoms with Gasteiger partial charge in [0.15, 0.2) is 0 Å². The highest BCUT2D eigenvalue weighted by atomic mass is 14.7. The van der Waals surface area contributed by atoms with Crippen LogP contribution in [0, 0.1) is 6.92 Å². The van der Waals surface area contributed by atoms with Crippen LogP contribution in [0.1, 0.15) is 18.1 Å². The topological polar surface area (TPSA) is 12.9 Å². The van der Waals surface area contributed by atoms with Crippen LogP contribution in [0.2, 0.25) is 0 Å². The van der Waals surface area contributed by atoms with Gasteiger partial charge in [0.25, 0.3) is 0 Å². The van der Waals surface area contributed by atoms with Crippen molar-refractivity contribution in [3.63, 3.8) is 0 Å². The molecule has 1 aromatic heterocycles. The summed E-state index contributed by atoms with van der Waals surface area (Å²) in [6, 6.07) is 21.2. The van der Waals surface area contributed by atoms with E-state index in [1.807, 2.05) is 25.3 Å². The van der Waals surface area contributed by atoms with Gasteiger partial charge in [0, 0.05) is 11.8 Å². The Bertz CT molecular complexity index is 801. The van der Waals surface area contributed by atoms with E-state index in [2.05, 4.69) is 72.6 Å². The number of aromatic nitrogens is 1. The van der Waals surface area contributed by atoms with Gasteiger partial charge in [-0.25, -0.2) is 0 Å². The van der Waals surface area contributed by atoms with E-state index in [1.165, 1.54) is 27.8 Å². The lowest BCUT2D eigenvalue weighted by Crippen LogP contribution is -1.89. The molecule has 3 rings (SSSR count). The van der Waals surface area contributed by atoms with E-state index in [0.29, 0.717) is 0 Å². The van der Waals surface area contributed by atoms with Crippen molar-refractivity contribution in [3.8, 4) is 22.4 Å². The number of benzene rings is 2. The lowest BCUT2D eigenvalue weighted by Gasteiger charge is -2.10. The summed E-state index contributed by atoms with van der Waals surface area (Å²) in [6.07, 6.45) is 6.07. The van der Waals surface area contributed by atoms with Gasteiger partial charge in [-0.3, -0.25) is 4.98 Å². The van der Waals surface area contributed by atoms with Crippen LogP contribution in [-0.4, -0.2) is 4.98 Å². The maximum absolute atomic E-state index is 4.55. The van der Waals surface area contributed by atoms with E-state index >= 15 is 0 Å². The second-order valence-corrected chi connectivity index (χ2v) is 5.39. The molecule has 22 heavy (non-hydrogen) atoms. The van der Waals surface area contributed by atoms with Crippen LogP contribution < -0.4 is 0 Å². The molecule has 1 nitrogen and oxygen atoms in total. The Balaban J connectivity index is 2.17.